The molecule has 25 heavy (non-hydrogen) atoms. The van der Waals surface area contributed by atoms with Gasteiger partial charge < -0.3 is 15.2 Å². The van der Waals surface area contributed by atoms with Crippen molar-refractivity contribution in [2.24, 2.45) is 0 Å². The number of hydrogen-bond acceptors (Lipinski definition) is 6. The molecule has 1 aromatic carbocycles. The fourth-order valence-corrected chi connectivity index (χ4v) is 3.87. The molecule has 5 nitrogen and oxygen atoms in total. The van der Waals surface area contributed by atoms with Crippen molar-refractivity contribution in [3.63, 3.8) is 0 Å². The lowest BCUT2D eigenvalue weighted by Gasteiger charge is -2.16. The van der Waals surface area contributed by atoms with Gasteiger partial charge in [0.2, 0.25) is 0 Å². The number of rotatable bonds is 7. The third-order valence-electron chi connectivity index (χ3n) is 4.17. The first kappa shape index (κ1) is 17.6. The highest BCUT2D eigenvalue weighted by molar-refractivity contribution is 7.19. The van der Waals surface area contributed by atoms with E-state index in [2.05, 4.69) is 34.3 Å². The number of thiophene rings is 1. The Morgan fingerprint density at radius 3 is 2.60 bits per heavy atom. The van der Waals surface area contributed by atoms with Crippen molar-refractivity contribution >= 4 is 27.4 Å². The van der Waals surface area contributed by atoms with Gasteiger partial charge in [-0.3, -0.25) is 0 Å². The number of fused-ring (bicyclic) bond motifs is 1. The molecule has 3 aromatic rings. The Hall–Kier alpha value is -2.18. The summed E-state index contributed by atoms with van der Waals surface area (Å²) in [5, 5.41) is 13.9. The van der Waals surface area contributed by atoms with E-state index in [0.29, 0.717) is 6.61 Å². The van der Waals surface area contributed by atoms with E-state index in [1.54, 1.807) is 17.7 Å². The van der Waals surface area contributed by atoms with Crippen molar-refractivity contribution in [2.75, 3.05) is 18.5 Å². The molecule has 3 rings (SSSR count). The topological polar surface area (TPSA) is 67.3 Å². The molecule has 0 saturated carbocycles. The van der Waals surface area contributed by atoms with Gasteiger partial charge in [-0.05, 0) is 38.0 Å². The summed E-state index contributed by atoms with van der Waals surface area (Å²) < 4.78 is 5.54. The molecular formula is C19H23N3O2S. The Morgan fingerprint density at radius 2 is 1.96 bits per heavy atom. The molecular weight excluding hydrogens is 334 g/mol. The summed E-state index contributed by atoms with van der Waals surface area (Å²) in [5.74, 6) is 1.64. The van der Waals surface area contributed by atoms with Gasteiger partial charge in [0.1, 0.15) is 22.7 Å². The van der Waals surface area contributed by atoms with Crippen molar-refractivity contribution < 1.29 is 9.84 Å². The molecule has 0 saturated heterocycles. The molecule has 2 N–H and O–H groups in total. The van der Waals surface area contributed by atoms with Crippen LogP contribution in [-0.4, -0.2) is 34.3 Å². The molecule has 0 radical (unpaired) electrons. The Kier molecular flexibility index (Phi) is 5.50. The molecule has 2 heterocycles. The van der Waals surface area contributed by atoms with E-state index in [1.165, 1.54) is 4.88 Å². The van der Waals surface area contributed by atoms with Gasteiger partial charge in [0.25, 0.3) is 0 Å². The second kappa shape index (κ2) is 7.80. The number of aliphatic hydroxyl groups is 1. The number of aromatic nitrogens is 2. The number of hydrogen-bond donors (Lipinski definition) is 2. The number of nitrogens with zero attached hydrogens (tertiary/aromatic N) is 2. The highest BCUT2D eigenvalue weighted by Crippen LogP contribution is 2.40. The van der Waals surface area contributed by atoms with Crippen LogP contribution in [0.25, 0.3) is 21.3 Å². The minimum absolute atomic E-state index is 0.0218. The molecule has 1 unspecified atom stereocenters. The summed E-state index contributed by atoms with van der Waals surface area (Å²) in [4.78, 5) is 11.0. The van der Waals surface area contributed by atoms with Crippen molar-refractivity contribution in [2.45, 2.75) is 33.2 Å². The van der Waals surface area contributed by atoms with Gasteiger partial charge in [-0.25, -0.2) is 9.97 Å². The van der Waals surface area contributed by atoms with Gasteiger partial charge >= 0.3 is 0 Å². The van der Waals surface area contributed by atoms with Crippen LogP contribution in [0.5, 0.6) is 5.75 Å². The third-order valence-corrected chi connectivity index (χ3v) is 5.19. The second-order valence-electron chi connectivity index (χ2n) is 5.83. The molecule has 6 heteroatoms. The van der Waals surface area contributed by atoms with Crippen LogP contribution in [0.15, 0.2) is 30.6 Å². The Labute approximate surface area is 151 Å². The summed E-state index contributed by atoms with van der Waals surface area (Å²) in [6, 6.07) is 8.09. The summed E-state index contributed by atoms with van der Waals surface area (Å²) in [6.07, 6.45) is 2.40. The molecule has 2 aromatic heterocycles. The summed E-state index contributed by atoms with van der Waals surface area (Å²) >= 11 is 1.66. The van der Waals surface area contributed by atoms with Gasteiger partial charge in [-0.1, -0.05) is 19.1 Å². The first-order valence-electron chi connectivity index (χ1n) is 8.52. The van der Waals surface area contributed by atoms with Crippen molar-refractivity contribution in [1.82, 2.24) is 9.97 Å². The van der Waals surface area contributed by atoms with Crippen LogP contribution >= 0.6 is 11.3 Å². The highest BCUT2D eigenvalue weighted by Gasteiger charge is 2.18. The first-order chi connectivity index (χ1) is 12.2. The largest absolute Gasteiger partial charge is 0.494 e. The summed E-state index contributed by atoms with van der Waals surface area (Å²) in [5.41, 5.74) is 2.25. The van der Waals surface area contributed by atoms with E-state index >= 15 is 0 Å². The van der Waals surface area contributed by atoms with E-state index in [0.717, 1.165) is 39.3 Å². The Bertz CT molecular complexity index is 842. The summed E-state index contributed by atoms with van der Waals surface area (Å²) in [6.45, 7) is 6.85. The number of benzene rings is 1. The normalized spacial score (nSPS) is 12.3. The molecule has 0 amide bonds. The minimum atomic E-state index is -0.0218. The van der Waals surface area contributed by atoms with Gasteiger partial charge in [-0.2, -0.15) is 0 Å². The number of aryl methyl sites for hydroxylation is 1. The lowest BCUT2D eigenvalue weighted by Crippen LogP contribution is -2.23. The molecule has 0 aliphatic heterocycles. The smallest absolute Gasteiger partial charge is 0.139 e. The van der Waals surface area contributed by atoms with Crippen molar-refractivity contribution in [1.29, 1.82) is 0 Å². The average Bonchev–Trinajstić information content (AvgIpc) is 2.97. The minimum Gasteiger partial charge on any atom is -0.494 e. The standard InChI is InChI=1S/C19H23N3O2S/c1-4-14(10-23)22-18-17-16(12(3)25-19(17)21-11-20-18)13-6-8-15(9-7-13)24-5-2/h6-9,11,14,23H,4-5,10H2,1-3H3,(H,20,21,22). The second-order valence-corrected chi connectivity index (χ2v) is 7.03. The molecule has 0 bridgehead atoms. The Balaban J connectivity index is 2.09. The summed E-state index contributed by atoms with van der Waals surface area (Å²) in [7, 11) is 0. The van der Waals surface area contributed by atoms with Crippen molar-refractivity contribution in [3.8, 4) is 16.9 Å². The zero-order chi connectivity index (χ0) is 17.8. The van der Waals surface area contributed by atoms with E-state index < -0.39 is 0 Å². The third kappa shape index (κ3) is 3.60. The predicted octanol–water partition coefficient (Wildman–Crippen LogP) is 4.25. The highest BCUT2D eigenvalue weighted by atomic mass is 32.1. The molecule has 132 valence electrons. The fourth-order valence-electron chi connectivity index (χ4n) is 2.86. The molecule has 0 fully saturated rings. The van der Waals surface area contributed by atoms with Crippen LogP contribution in [0.1, 0.15) is 25.1 Å². The van der Waals surface area contributed by atoms with Crippen LogP contribution in [-0.2, 0) is 0 Å². The maximum atomic E-state index is 9.51. The van der Waals surface area contributed by atoms with Gasteiger partial charge in [0.05, 0.1) is 24.6 Å². The Morgan fingerprint density at radius 1 is 1.20 bits per heavy atom. The molecule has 0 aliphatic carbocycles. The maximum Gasteiger partial charge on any atom is 0.139 e. The monoisotopic (exact) mass is 357 g/mol. The van der Waals surface area contributed by atoms with Crippen molar-refractivity contribution in [3.05, 3.63) is 35.5 Å². The zero-order valence-corrected chi connectivity index (χ0v) is 15.6. The van der Waals surface area contributed by atoms with Crippen LogP contribution in [0.2, 0.25) is 0 Å². The quantitative estimate of drug-likeness (QED) is 0.662. The van der Waals surface area contributed by atoms with Crippen LogP contribution in [0.3, 0.4) is 0 Å². The first-order valence-corrected chi connectivity index (χ1v) is 9.34. The van der Waals surface area contributed by atoms with Gasteiger partial charge in [0, 0.05) is 10.4 Å². The SMILES string of the molecule is CCOc1ccc(-c2c(C)sc3ncnc(NC(CC)CO)c23)cc1. The van der Waals surface area contributed by atoms with Crippen LogP contribution in [0.4, 0.5) is 5.82 Å². The van der Waals surface area contributed by atoms with E-state index in [9.17, 15) is 5.11 Å². The number of anilines is 1. The average molecular weight is 357 g/mol. The zero-order valence-electron chi connectivity index (χ0n) is 14.7. The van der Waals surface area contributed by atoms with Crippen LogP contribution in [0, 0.1) is 6.92 Å². The van der Waals surface area contributed by atoms with Gasteiger partial charge in [-0.15, -0.1) is 11.3 Å². The number of aliphatic hydroxyl groups excluding tert-OH is 1. The lowest BCUT2D eigenvalue weighted by atomic mass is 10.0. The molecule has 0 aliphatic rings. The van der Waals surface area contributed by atoms with E-state index in [4.69, 9.17) is 4.74 Å². The van der Waals surface area contributed by atoms with Gasteiger partial charge in [0.15, 0.2) is 0 Å². The lowest BCUT2D eigenvalue weighted by molar-refractivity contribution is 0.271. The number of nitrogens with one attached hydrogen (secondary N) is 1. The maximum absolute atomic E-state index is 9.51. The van der Waals surface area contributed by atoms with Crippen LogP contribution < -0.4 is 10.1 Å². The molecule has 1 atom stereocenters. The van der Waals surface area contributed by atoms with E-state index in [1.807, 2.05) is 26.0 Å². The predicted molar refractivity (Wildman–Crippen MR) is 104 cm³/mol. The number of ether oxygens (including phenoxy) is 1. The fraction of sp³-hybridized carbons (Fsp3) is 0.368. The molecule has 0 spiro atoms. The van der Waals surface area contributed by atoms with E-state index in [-0.39, 0.29) is 12.6 Å².